The van der Waals surface area contributed by atoms with Crippen LogP contribution in [-0.2, 0) is 59.2 Å². The van der Waals surface area contributed by atoms with E-state index in [9.17, 15) is 47.5 Å². The third-order valence-corrected chi connectivity index (χ3v) is 6.91. The zero-order valence-electron chi connectivity index (χ0n) is 27.8. The molecule has 4 atom stereocenters. The van der Waals surface area contributed by atoms with Crippen LogP contribution in [0.25, 0.3) is 0 Å². The summed E-state index contributed by atoms with van der Waals surface area (Å²) in [5.74, 6) is -6.92. The van der Waals surface area contributed by atoms with Crippen LogP contribution in [0.4, 0.5) is 9.18 Å². The minimum atomic E-state index is -1.67. The number of amides is 4. The number of carbonyl (C=O) groups is 9. The molecule has 0 spiro atoms. The molecule has 0 aromatic heterocycles. The molecule has 49 heavy (non-hydrogen) atoms. The fraction of sp³-hybridized carbons (Fsp3) is 0.531. The fourth-order valence-electron chi connectivity index (χ4n) is 4.26. The van der Waals surface area contributed by atoms with E-state index in [1.54, 1.807) is 44.2 Å². The second kappa shape index (κ2) is 22.4. The van der Waals surface area contributed by atoms with Crippen molar-refractivity contribution >= 4 is 53.6 Å². The molecule has 0 radical (unpaired) electrons. The number of methoxy groups -OCH3 is 2. The summed E-state index contributed by atoms with van der Waals surface area (Å²) >= 11 is 0. The zero-order valence-corrected chi connectivity index (χ0v) is 27.8. The number of benzene rings is 1. The molecule has 270 valence electrons. The van der Waals surface area contributed by atoms with Gasteiger partial charge in [0.05, 0.1) is 20.6 Å². The first-order valence-corrected chi connectivity index (χ1v) is 15.3. The van der Waals surface area contributed by atoms with Gasteiger partial charge in [0.2, 0.25) is 17.7 Å². The predicted octanol–water partition coefficient (Wildman–Crippen LogP) is 0.385. The van der Waals surface area contributed by atoms with Gasteiger partial charge in [-0.25, -0.2) is 9.18 Å². The van der Waals surface area contributed by atoms with Gasteiger partial charge in [0, 0.05) is 12.8 Å². The minimum absolute atomic E-state index is 0.0264. The molecule has 4 amide bonds. The minimum Gasteiger partial charge on any atom is -0.469 e. The topological polar surface area (TPSA) is 229 Å². The summed E-state index contributed by atoms with van der Waals surface area (Å²) in [6, 6.07) is 2.69. The third-order valence-electron chi connectivity index (χ3n) is 6.91. The number of alkyl carbamates (subject to hydrolysis) is 1. The van der Waals surface area contributed by atoms with E-state index in [1.165, 1.54) is 0 Å². The molecule has 4 N–H and O–H groups in total. The number of hydrogen-bond acceptors (Lipinski definition) is 12. The van der Waals surface area contributed by atoms with Gasteiger partial charge in [0.1, 0.15) is 37.4 Å². The van der Waals surface area contributed by atoms with Gasteiger partial charge in [-0.3, -0.25) is 38.4 Å². The van der Waals surface area contributed by atoms with E-state index < -0.39 is 110 Å². The molecule has 1 aromatic carbocycles. The van der Waals surface area contributed by atoms with Crippen molar-refractivity contribution in [2.45, 2.75) is 83.1 Å². The first kappa shape index (κ1) is 41.8. The average molecular weight is 695 g/mol. The lowest BCUT2D eigenvalue weighted by atomic mass is 10.0. The molecule has 0 bridgehead atoms. The number of alkyl halides is 1. The highest BCUT2D eigenvalue weighted by atomic mass is 19.1. The number of esters is 2. The second-order valence-corrected chi connectivity index (χ2v) is 11.2. The molecule has 16 nitrogen and oxygen atoms in total. The van der Waals surface area contributed by atoms with Crippen molar-refractivity contribution in [2.24, 2.45) is 5.92 Å². The molecular weight excluding hydrogens is 651 g/mol. The van der Waals surface area contributed by atoms with Gasteiger partial charge in [-0.05, 0) is 30.7 Å². The highest BCUT2D eigenvalue weighted by Crippen LogP contribution is 2.10. The summed E-state index contributed by atoms with van der Waals surface area (Å²) in [5, 5.41) is 9.36. The number of carbonyl (C=O) groups excluding carboxylic acids is 9. The van der Waals surface area contributed by atoms with E-state index in [4.69, 9.17) is 4.74 Å². The van der Waals surface area contributed by atoms with Crippen molar-refractivity contribution in [3.05, 3.63) is 35.9 Å². The number of halogens is 1. The van der Waals surface area contributed by atoms with Crippen LogP contribution < -0.4 is 21.3 Å². The number of ketones is 2. The second-order valence-electron chi connectivity index (χ2n) is 11.2. The van der Waals surface area contributed by atoms with Crippen molar-refractivity contribution in [3.8, 4) is 0 Å². The lowest BCUT2D eigenvalue weighted by Crippen LogP contribution is -2.58. The summed E-state index contributed by atoms with van der Waals surface area (Å²) in [7, 11) is 2.09. The quantitative estimate of drug-likeness (QED) is 0.0559. The number of nitrogens with one attached hydrogen (secondary N) is 4. The molecular formula is C32H43FN4O12. The van der Waals surface area contributed by atoms with Gasteiger partial charge in [-0.1, -0.05) is 44.2 Å². The normalized spacial score (nSPS) is 13.0. The van der Waals surface area contributed by atoms with Crippen LogP contribution in [0.1, 0.15) is 57.9 Å². The van der Waals surface area contributed by atoms with E-state index in [0.717, 1.165) is 14.2 Å². The van der Waals surface area contributed by atoms with Gasteiger partial charge < -0.3 is 35.5 Å². The monoisotopic (exact) mass is 694 g/mol. The third kappa shape index (κ3) is 16.4. The lowest BCUT2D eigenvalue weighted by molar-refractivity contribution is -0.143. The first-order valence-electron chi connectivity index (χ1n) is 15.3. The Labute approximate surface area is 282 Å². The Kier molecular flexibility index (Phi) is 19.1. The van der Waals surface area contributed by atoms with E-state index in [2.05, 4.69) is 30.7 Å². The smallest absolute Gasteiger partial charge is 0.408 e. The number of aldehydes is 1. The zero-order chi connectivity index (χ0) is 36.9. The molecule has 0 saturated heterocycles. The summed E-state index contributed by atoms with van der Waals surface area (Å²) in [6.45, 7) is 1.92. The van der Waals surface area contributed by atoms with Crippen LogP contribution in [0.5, 0.6) is 0 Å². The molecule has 1 aromatic rings. The number of Topliss-reactive ketones (excluding diaryl/α,β-unsaturated/α-hetero) is 2. The number of ether oxygens (including phenoxy) is 3. The summed E-state index contributed by atoms with van der Waals surface area (Å²) in [6.07, 6.45) is -3.26. The van der Waals surface area contributed by atoms with Crippen molar-refractivity contribution in [2.75, 3.05) is 20.9 Å². The molecule has 0 fully saturated rings. The summed E-state index contributed by atoms with van der Waals surface area (Å²) in [4.78, 5) is 111. The van der Waals surface area contributed by atoms with Crippen LogP contribution in [-0.4, -0.2) is 98.7 Å². The van der Waals surface area contributed by atoms with Crippen molar-refractivity contribution < 1.29 is 61.8 Å². The Hall–Kier alpha value is -5.22. The summed E-state index contributed by atoms with van der Waals surface area (Å²) < 4.78 is 27.5. The lowest BCUT2D eigenvalue weighted by Gasteiger charge is -2.26. The van der Waals surface area contributed by atoms with Crippen LogP contribution in [0.2, 0.25) is 0 Å². The molecule has 0 aliphatic carbocycles. The first-order chi connectivity index (χ1) is 23.2. The Morgan fingerprint density at radius 3 is 1.78 bits per heavy atom. The van der Waals surface area contributed by atoms with Crippen LogP contribution in [0.15, 0.2) is 30.3 Å². The maximum absolute atomic E-state index is 13.5. The molecule has 0 heterocycles. The van der Waals surface area contributed by atoms with E-state index in [1.807, 2.05) is 0 Å². The summed E-state index contributed by atoms with van der Waals surface area (Å²) in [5.41, 5.74) is 0.690. The Morgan fingerprint density at radius 1 is 0.735 bits per heavy atom. The van der Waals surface area contributed by atoms with E-state index in [-0.39, 0.29) is 25.2 Å². The van der Waals surface area contributed by atoms with Crippen LogP contribution >= 0.6 is 0 Å². The van der Waals surface area contributed by atoms with Crippen molar-refractivity contribution in [1.29, 1.82) is 0 Å². The maximum atomic E-state index is 13.5. The highest BCUT2D eigenvalue weighted by Gasteiger charge is 2.33. The maximum Gasteiger partial charge on any atom is 0.408 e. The van der Waals surface area contributed by atoms with E-state index >= 15 is 0 Å². The van der Waals surface area contributed by atoms with E-state index in [0.29, 0.717) is 5.56 Å². The molecule has 0 saturated carbocycles. The van der Waals surface area contributed by atoms with Crippen LogP contribution in [0, 0.1) is 5.92 Å². The predicted molar refractivity (Wildman–Crippen MR) is 168 cm³/mol. The van der Waals surface area contributed by atoms with Crippen LogP contribution in [0.3, 0.4) is 0 Å². The standard InChI is InChI=1S/C32H43FN4O12/c1-19(2)14-25(37-32(46)49-18-20-8-6-5-7-9-20)31(45)35-22(11-10-21(39)17-38)29(43)34-23(12-13-27(41)47-3)30(44)36-24(26(40)16-33)15-28(42)48-4/h5-9,17,19,22-25H,10-16,18H2,1-4H3,(H,34,43)(H,35,45)(H,36,44)(H,37,46)/t22-,23-,24-,25-/m0/s1. The molecule has 1 rings (SSSR count). The van der Waals surface area contributed by atoms with Gasteiger partial charge >= 0.3 is 18.0 Å². The van der Waals surface area contributed by atoms with Crippen molar-refractivity contribution in [1.82, 2.24) is 21.3 Å². The van der Waals surface area contributed by atoms with Gasteiger partial charge in [-0.15, -0.1) is 0 Å². The largest absolute Gasteiger partial charge is 0.469 e. The average Bonchev–Trinajstić information content (AvgIpc) is 3.09. The SMILES string of the molecule is COC(=O)CC[C@H](NC(=O)[C@H](CCC(=O)C=O)NC(=O)[C@H](CC(C)C)NC(=O)OCc1ccccc1)C(=O)N[C@@H](CC(=O)OC)C(=O)CF. The van der Waals surface area contributed by atoms with Gasteiger partial charge in [-0.2, -0.15) is 0 Å². The number of rotatable bonds is 22. The molecule has 0 unspecified atom stereocenters. The number of hydrogen-bond donors (Lipinski definition) is 4. The molecule has 0 aliphatic heterocycles. The molecule has 17 heteroatoms. The Balaban J connectivity index is 3.24. The van der Waals surface area contributed by atoms with Gasteiger partial charge in [0.15, 0.2) is 17.9 Å². The molecule has 0 aliphatic rings. The Morgan fingerprint density at radius 2 is 1.27 bits per heavy atom. The van der Waals surface area contributed by atoms with Gasteiger partial charge in [0.25, 0.3) is 0 Å². The highest BCUT2D eigenvalue weighted by molar-refractivity contribution is 6.24. The van der Waals surface area contributed by atoms with Crippen molar-refractivity contribution in [3.63, 3.8) is 0 Å². The Bertz CT molecular complexity index is 1320. The fourth-order valence-corrected chi connectivity index (χ4v) is 4.26.